The van der Waals surface area contributed by atoms with Crippen molar-refractivity contribution in [2.75, 3.05) is 19.8 Å². The molecule has 0 saturated carbocycles. The second kappa shape index (κ2) is 8.32. The minimum atomic E-state index is 0.0136. The number of nitrogens with zero attached hydrogens (tertiary/aromatic N) is 3. The van der Waals surface area contributed by atoms with E-state index in [0.29, 0.717) is 19.8 Å². The van der Waals surface area contributed by atoms with Gasteiger partial charge in [-0.2, -0.15) is 5.10 Å². The van der Waals surface area contributed by atoms with Gasteiger partial charge >= 0.3 is 0 Å². The molecule has 0 bridgehead atoms. The van der Waals surface area contributed by atoms with Crippen LogP contribution >= 0.6 is 0 Å². The fraction of sp³-hybridized carbons (Fsp3) is 0.333. The van der Waals surface area contributed by atoms with Crippen LogP contribution in [0.4, 0.5) is 0 Å². The number of ether oxygens (including phenoxy) is 2. The van der Waals surface area contributed by atoms with Crippen molar-refractivity contribution >= 4 is 11.0 Å². The predicted molar refractivity (Wildman–Crippen MR) is 118 cm³/mol. The summed E-state index contributed by atoms with van der Waals surface area (Å²) in [5.74, 6) is 0.792. The van der Waals surface area contributed by atoms with Gasteiger partial charge in [0, 0.05) is 29.7 Å². The molecule has 0 saturated heterocycles. The van der Waals surface area contributed by atoms with Gasteiger partial charge in [-0.3, -0.25) is 9.67 Å². The number of hydrogen-bond acceptors (Lipinski definition) is 4. The molecule has 6 nitrogen and oxygen atoms in total. The minimum absolute atomic E-state index is 0.0136. The molecule has 4 rings (SSSR count). The molecule has 0 aliphatic carbocycles. The first-order valence-electron chi connectivity index (χ1n) is 10.2. The quantitative estimate of drug-likeness (QED) is 0.445. The maximum atomic E-state index is 5.73. The average Bonchev–Trinajstić information content (AvgIpc) is 3.38. The topological polar surface area (TPSA) is 65.0 Å². The Morgan fingerprint density at radius 3 is 2.67 bits per heavy atom. The number of H-pyrrole nitrogens is 1. The Labute approximate surface area is 176 Å². The van der Waals surface area contributed by atoms with Crippen LogP contribution in [0.2, 0.25) is 0 Å². The molecule has 6 heteroatoms. The highest BCUT2D eigenvalue weighted by atomic mass is 16.5. The van der Waals surface area contributed by atoms with E-state index in [1.54, 1.807) is 0 Å². The average molecular weight is 404 g/mol. The Bertz CT molecular complexity index is 1120. The number of nitrogens with one attached hydrogen (secondary N) is 1. The number of benzene rings is 2. The van der Waals surface area contributed by atoms with Gasteiger partial charge in [0.1, 0.15) is 18.7 Å². The second-order valence-corrected chi connectivity index (χ2v) is 8.19. The van der Waals surface area contributed by atoms with Crippen LogP contribution in [-0.4, -0.2) is 39.6 Å². The highest BCUT2D eigenvalue weighted by molar-refractivity contribution is 5.79. The molecule has 0 fully saturated rings. The SMILES string of the molecule is CCOCCOc1ccc2c(c1)ncn2-c1[c]cc(-c2cc(C(C)(C)C)n[nH]2)cc1. The molecule has 1 N–H and O–H groups in total. The maximum Gasteiger partial charge on any atom is 0.121 e. The van der Waals surface area contributed by atoms with Crippen LogP contribution in [0.1, 0.15) is 33.4 Å². The highest BCUT2D eigenvalue weighted by Gasteiger charge is 2.17. The summed E-state index contributed by atoms with van der Waals surface area (Å²) in [6.07, 6.45) is 1.81. The number of rotatable bonds is 7. The van der Waals surface area contributed by atoms with E-state index >= 15 is 0 Å². The number of imidazole rings is 1. The summed E-state index contributed by atoms with van der Waals surface area (Å²) >= 11 is 0. The van der Waals surface area contributed by atoms with E-state index < -0.39 is 0 Å². The molecule has 2 heterocycles. The largest absolute Gasteiger partial charge is 0.491 e. The van der Waals surface area contributed by atoms with E-state index in [2.05, 4.69) is 54.2 Å². The van der Waals surface area contributed by atoms with E-state index in [4.69, 9.17) is 9.47 Å². The van der Waals surface area contributed by atoms with Gasteiger partial charge in [-0.05, 0) is 37.3 Å². The van der Waals surface area contributed by atoms with Crippen molar-refractivity contribution in [2.24, 2.45) is 0 Å². The van der Waals surface area contributed by atoms with Gasteiger partial charge in [-0.15, -0.1) is 0 Å². The maximum absolute atomic E-state index is 5.73. The van der Waals surface area contributed by atoms with Crippen LogP contribution in [0, 0.1) is 6.07 Å². The first-order valence-corrected chi connectivity index (χ1v) is 10.2. The summed E-state index contributed by atoms with van der Waals surface area (Å²) in [5.41, 5.74) is 5.92. The lowest BCUT2D eigenvalue weighted by molar-refractivity contribution is 0.110. The van der Waals surface area contributed by atoms with Crippen LogP contribution in [-0.2, 0) is 10.2 Å². The van der Waals surface area contributed by atoms with Crippen LogP contribution in [0.5, 0.6) is 5.75 Å². The van der Waals surface area contributed by atoms with E-state index in [1.165, 1.54) is 0 Å². The molecule has 0 aliphatic heterocycles. The zero-order chi connectivity index (χ0) is 21.1. The summed E-state index contributed by atoms with van der Waals surface area (Å²) in [6.45, 7) is 10.2. The van der Waals surface area contributed by atoms with Gasteiger partial charge in [0.2, 0.25) is 0 Å². The lowest BCUT2D eigenvalue weighted by Gasteiger charge is -2.13. The summed E-state index contributed by atoms with van der Waals surface area (Å²) in [5, 5.41) is 7.57. The smallest absolute Gasteiger partial charge is 0.121 e. The van der Waals surface area contributed by atoms with Crippen LogP contribution in [0.25, 0.3) is 28.0 Å². The molecule has 4 aromatic rings. The van der Waals surface area contributed by atoms with Gasteiger partial charge in [0.25, 0.3) is 0 Å². The van der Waals surface area contributed by atoms with Gasteiger partial charge < -0.3 is 9.47 Å². The lowest BCUT2D eigenvalue weighted by Crippen LogP contribution is -2.11. The zero-order valence-corrected chi connectivity index (χ0v) is 17.9. The lowest BCUT2D eigenvalue weighted by atomic mass is 9.92. The fourth-order valence-corrected chi connectivity index (χ4v) is 3.22. The summed E-state index contributed by atoms with van der Waals surface area (Å²) in [7, 11) is 0. The number of aromatic nitrogens is 4. The minimum Gasteiger partial charge on any atom is -0.491 e. The van der Waals surface area contributed by atoms with Crippen LogP contribution in [0.15, 0.2) is 48.8 Å². The third kappa shape index (κ3) is 4.24. The number of hydrogen-bond donors (Lipinski definition) is 1. The van der Waals surface area contributed by atoms with Gasteiger partial charge in [-0.25, -0.2) is 4.98 Å². The Morgan fingerprint density at radius 2 is 1.97 bits per heavy atom. The first kappa shape index (κ1) is 20.2. The second-order valence-electron chi connectivity index (χ2n) is 8.19. The van der Waals surface area contributed by atoms with Crippen LogP contribution in [0.3, 0.4) is 0 Å². The van der Waals surface area contributed by atoms with E-state index in [-0.39, 0.29) is 5.41 Å². The Morgan fingerprint density at radius 1 is 1.10 bits per heavy atom. The molecule has 0 atom stereocenters. The van der Waals surface area contributed by atoms with Crippen molar-refractivity contribution in [3.05, 3.63) is 60.6 Å². The molecule has 0 unspecified atom stereocenters. The van der Waals surface area contributed by atoms with E-state index in [1.807, 2.05) is 48.1 Å². The molecule has 2 aromatic heterocycles. The van der Waals surface area contributed by atoms with Crippen molar-refractivity contribution < 1.29 is 9.47 Å². The van der Waals surface area contributed by atoms with Crippen molar-refractivity contribution in [3.63, 3.8) is 0 Å². The molecular formula is C24H27N4O2. The normalized spacial score (nSPS) is 11.9. The monoisotopic (exact) mass is 403 g/mol. The van der Waals surface area contributed by atoms with Crippen molar-refractivity contribution in [3.8, 4) is 22.7 Å². The highest BCUT2D eigenvalue weighted by Crippen LogP contribution is 2.27. The molecule has 2 aromatic carbocycles. The molecule has 155 valence electrons. The standard InChI is InChI=1S/C24H27N4O2/c1-5-29-12-13-30-19-10-11-22-21(14-19)25-16-28(22)18-8-6-17(7-9-18)20-15-23(27-26-20)24(2,3)4/h6-8,10-11,14-16H,5,12-13H2,1-4H3,(H,26,27). The van der Waals surface area contributed by atoms with E-state index in [9.17, 15) is 0 Å². The number of aromatic amines is 1. The number of fused-ring (bicyclic) bond motifs is 1. The van der Waals surface area contributed by atoms with Crippen molar-refractivity contribution in [2.45, 2.75) is 33.1 Å². The van der Waals surface area contributed by atoms with Gasteiger partial charge in [-0.1, -0.05) is 26.8 Å². The summed E-state index contributed by atoms with van der Waals surface area (Å²) < 4.78 is 13.1. The van der Waals surface area contributed by atoms with Crippen LogP contribution < -0.4 is 4.74 Å². The first-order chi connectivity index (χ1) is 14.5. The predicted octanol–water partition coefficient (Wildman–Crippen LogP) is 4.93. The molecule has 1 radical (unpaired) electrons. The summed E-state index contributed by atoms with van der Waals surface area (Å²) in [6, 6.07) is 17.5. The third-order valence-electron chi connectivity index (χ3n) is 4.93. The Kier molecular flexibility index (Phi) is 5.59. The molecular weight excluding hydrogens is 376 g/mol. The van der Waals surface area contributed by atoms with Gasteiger partial charge in [0.05, 0.1) is 34.7 Å². The fourth-order valence-electron chi connectivity index (χ4n) is 3.22. The zero-order valence-electron chi connectivity index (χ0n) is 17.9. The van der Waals surface area contributed by atoms with Crippen molar-refractivity contribution in [1.82, 2.24) is 19.7 Å². The molecule has 0 amide bonds. The Hall–Kier alpha value is -3.12. The molecule has 30 heavy (non-hydrogen) atoms. The van der Waals surface area contributed by atoms with Crippen molar-refractivity contribution in [1.29, 1.82) is 0 Å². The molecule has 0 spiro atoms. The molecule has 0 aliphatic rings. The van der Waals surface area contributed by atoms with Gasteiger partial charge in [0.15, 0.2) is 0 Å². The Balaban J connectivity index is 1.53. The third-order valence-corrected chi connectivity index (χ3v) is 4.93. The summed E-state index contributed by atoms with van der Waals surface area (Å²) in [4.78, 5) is 4.53. The van der Waals surface area contributed by atoms with E-state index in [0.717, 1.165) is 39.4 Å².